The van der Waals surface area contributed by atoms with Gasteiger partial charge >= 0.3 is 5.69 Å². The summed E-state index contributed by atoms with van der Waals surface area (Å²) < 4.78 is 2.96. The molecule has 2 aromatic heterocycles. The van der Waals surface area contributed by atoms with E-state index in [-0.39, 0.29) is 23.6 Å². The summed E-state index contributed by atoms with van der Waals surface area (Å²) in [6, 6.07) is 8.34. The number of aliphatic hydroxyl groups is 1. The van der Waals surface area contributed by atoms with Crippen LogP contribution in [0.15, 0.2) is 35.3 Å². The lowest BCUT2D eigenvalue weighted by atomic mass is 10.0. The molecule has 0 unspecified atom stereocenters. The molecule has 3 aromatic rings. The van der Waals surface area contributed by atoms with Crippen LogP contribution in [0.2, 0.25) is 0 Å². The second kappa shape index (κ2) is 6.74. The van der Waals surface area contributed by atoms with Gasteiger partial charge < -0.3 is 15.4 Å². The van der Waals surface area contributed by atoms with Gasteiger partial charge in [0.2, 0.25) is 0 Å². The van der Waals surface area contributed by atoms with Crippen LogP contribution in [0.1, 0.15) is 30.1 Å². The SMILES string of the molecule is Cn1nc([C@H]2C[C@H](CNCc3cccc4cc[nH]c34)[C@H](O)C2)n(C)c1=O. The predicted octanol–water partition coefficient (Wildman–Crippen LogP) is 1.24. The Morgan fingerprint density at radius 3 is 2.92 bits per heavy atom. The fourth-order valence-corrected chi connectivity index (χ4v) is 4.16. The number of hydrogen-bond donors (Lipinski definition) is 3. The van der Waals surface area contributed by atoms with Gasteiger partial charge in [-0.2, -0.15) is 5.10 Å². The lowest BCUT2D eigenvalue weighted by Gasteiger charge is -2.15. The molecule has 26 heavy (non-hydrogen) atoms. The quantitative estimate of drug-likeness (QED) is 0.643. The van der Waals surface area contributed by atoms with E-state index in [4.69, 9.17) is 0 Å². The van der Waals surface area contributed by atoms with E-state index in [2.05, 4.69) is 39.7 Å². The third kappa shape index (κ3) is 2.97. The first-order valence-electron chi connectivity index (χ1n) is 9.08. The van der Waals surface area contributed by atoms with Crippen molar-refractivity contribution in [1.82, 2.24) is 24.6 Å². The Balaban J connectivity index is 1.39. The number of aromatic amines is 1. The van der Waals surface area contributed by atoms with E-state index in [1.165, 1.54) is 15.6 Å². The van der Waals surface area contributed by atoms with Gasteiger partial charge in [0.15, 0.2) is 0 Å². The van der Waals surface area contributed by atoms with Crippen molar-refractivity contribution in [2.75, 3.05) is 6.54 Å². The number of aliphatic hydroxyl groups excluding tert-OH is 1. The monoisotopic (exact) mass is 355 g/mol. The Morgan fingerprint density at radius 2 is 2.15 bits per heavy atom. The van der Waals surface area contributed by atoms with Gasteiger partial charge in [-0.05, 0) is 35.8 Å². The molecule has 0 saturated heterocycles. The molecule has 1 fully saturated rings. The molecule has 138 valence electrons. The zero-order chi connectivity index (χ0) is 18.3. The van der Waals surface area contributed by atoms with Crippen molar-refractivity contribution in [3.63, 3.8) is 0 Å². The van der Waals surface area contributed by atoms with Crippen LogP contribution in [0.25, 0.3) is 10.9 Å². The first-order valence-corrected chi connectivity index (χ1v) is 9.08. The number of H-pyrrole nitrogens is 1. The molecule has 1 saturated carbocycles. The molecule has 1 aromatic carbocycles. The average molecular weight is 355 g/mol. The third-order valence-electron chi connectivity index (χ3n) is 5.58. The minimum Gasteiger partial charge on any atom is -0.393 e. The van der Waals surface area contributed by atoms with Crippen LogP contribution in [0.3, 0.4) is 0 Å². The Labute approximate surface area is 151 Å². The molecule has 0 amide bonds. The van der Waals surface area contributed by atoms with E-state index in [0.29, 0.717) is 6.42 Å². The third-order valence-corrected chi connectivity index (χ3v) is 5.58. The number of aryl methyl sites for hydroxylation is 1. The standard InChI is InChI=1S/C19H25N5O2/c1-23-18(22-24(2)19(23)26)14-8-15(16(25)9-14)11-20-10-13-5-3-4-12-6-7-21-17(12)13/h3-7,14-16,20-21,25H,8-11H2,1-2H3/t14-,15+,16+/m0/s1. The molecule has 0 bridgehead atoms. The van der Waals surface area contributed by atoms with Crippen LogP contribution in [0, 0.1) is 5.92 Å². The maximum absolute atomic E-state index is 11.9. The van der Waals surface area contributed by atoms with Gasteiger partial charge in [-0.3, -0.25) is 4.57 Å². The molecule has 3 atom stereocenters. The zero-order valence-electron chi connectivity index (χ0n) is 15.1. The molecular weight excluding hydrogens is 330 g/mol. The van der Waals surface area contributed by atoms with E-state index in [1.807, 2.05) is 6.20 Å². The van der Waals surface area contributed by atoms with Gasteiger partial charge in [-0.25, -0.2) is 9.48 Å². The Bertz CT molecular complexity index is 970. The Hall–Kier alpha value is -2.38. The number of para-hydroxylation sites is 1. The second-order valence-corrected chi connectivity index (χ2v) is 7.31. The van der Waals surface area contributed by atoms with Gasteiger partial charge in [-0.1, -0.05) is 18.2 Å². The predicted molar refractivity (Wildman–Crippen MR) is 99.9 cm³/mol. The number of aromatic nitrogens is 4. The highest BCUT2D eigenvalue weighted by molar-refractivity contribution is 5.82. The normalized spacial score (nSPS) is 23.1. The summed E-state index contributed by atoms with van der Waals surface area (Å²) in [5, 5.41) is 19.5. The lowest BCUT2D eigenvalue weighted by Crippen LogP contribution is -2.27. The Morgan fingerprint density at radius 1 is 1.31 bits per heavy atom. The van der Waals surface area contributed by atoms with Gasteiger partial charge in [0.1, 0.15) is 5.82 Å². The molecule has 0 radical (unpaired) electrons. The Kier molecular flexibility index (Phi) is 4.42. The summed E-state index contributed by atoms with van der Waals surface area (Å²) in [5.74, 6) is 1.07. The van der Waals surface area contributed by atoms with E-state index in [9.17, 15) is 9.90 Å². The number of fused-ring (bicyclic) bond motifs is 1. The maximum atomic E-state index is 11.9. The van der Waals surface area contributed by atoms with E-state index < -0.39 is 0 Å². The highest BCUT2D eigenvalue weighted by Crippen LogP contribution is 2.37. The van der Waals surface area contributed by atoms with Gasteiger partial charge in [0.25, 0.3) is 0 Å². The van der Waals surface area contributed by atoms with Crippen LogP contribution in [0.4, 0.5) is 0 Å². The van der Waals surface area contributed by atoms with Crippen molar-refractivity contribution < 1.29 is 5.11 Å². The van der Waals surface area contributed by atoms with E-state index in [0.717, 1.165) is 30.9 Å². The second-order valence-electron chi connectivity index (χ2n) is 7.31. The van der Waals surface area contributed by atoms with Crippen molar-refractivity contribution in [2.24, 2.45) is 20.0 Å². The molecule has 7 heteroatoms. The molecule has 1 aliphatic rings. The summed E-state index contributed by atoms with van der Waals surface area (Å²) in [4.78, 5) is 15.2. The summed E-state index contributed by atoms with van der Waals surface area (Å²) in [5.41, 5.74) is 2.27. The highest BCUT2D eigenvalue weighted by atomic mass is 16.3. The van der Waals surface area contributed by atoms with Crippen molar-refractivity contribution >= 4 is 10.9 Å². The molecule has 0 spiro atoms. The van der Waals surface area contributed by atoms with Gasteiger partial charge in [-0.15, -0.1) is 0 Å². The molecule has 2 heterocycles. The van der Waals surface area contributed by atoms with Crippen LogP contribution < -0.4 is 11.0 Å². The molecule has 7 nitrogen and oxygen atoms in total. The summed E-state index contributed by atoms with van der Waals surface area (Å²) in [6.45, 7) is 1.50. The molecule has 1 aliphatic carbocycles. The van der Waals surface area contributed by atoms with Crippen molar-refractivity contribution in [1.29, 1.82) is 0 Å². The van der Waals surface area contributed by atoms with E-state index >= 15 is 0 Å². The zero-order valence-corrected chi connectivity index (χ0v) is 15.1. The van der Waals surface area contributed by atoms with Gasteiger partial charge in [0, 0.05) is 44.8 Å². The van der Waals surface area contributed by atoms with Crippen molar-refractivity contribution in [2.45, 2.75) is 31.4 Å². The van der Waals surface area contributed by atoms with Gasteiger partial charge in [0.05, 0.1) is 6.10 Å². The van der Waals surface area contributed by atoms with Crippen molar-refractivity contribution in [3.05, 3.63) is 52.3 Å². The van der Waals surface area contributed by atoms with Crippen LogP contribution in [-0.2, 0) is 20.6 Å². The molecule has 0 aliphatic heterocycles. The van der Waals surface area contributed by atoms with Crippen molar-refractivity contribution in [3.8, 4) is 0 Å². The molecule has 4 rings (SSSR count). The summed E-state index contributed by atoms with van der Waals surface area (Å²) in [7, 11) is 3.41. The number of nitrogens with zero attached hydrogens (tertiary/aromatic N) is 3. The summed E-state index contributed by atoms with van der Waals surface area (Å²) >= 11 is 0. The number of rotatable bonds is 5. The van der Waals surface area contributed by atoms with Crippen LogP contribution >= 0.6 is 0 Å². The molecular formula is C19H25N5O2. The van der Waals surface area contributed by atoms with Crippen LogP contribution in [-0.4, -0.2) is 37.1 Å². The van der Waals surface area contributed by atoms with E-state index in [1.54, 1.807) is 18.7 Å². The lowest BCUT2D eigenvalue weighted by molar-refractivity contribution is 0.131. The fraction of sp³-hybridized carbons (Fsp3) is 0.474. The molecule has 3 N–H and O–H groups in total. The minimum absolute atomic E-state index is 0.116. The first kappa shape index (κ1) is 17.1. The number of hydrogen-bond acceptors (Lipinski definition) is 4. The summed E-state index contributed by atoms with van der Waals surface area (Å²) in [6.07, 6.45) is 3.08. The smallest absolute Gasteiger partial charge is 0.345 e. The minimum atomic E-state index is -0.370. The number of nitrogens with one attached hydrogen (secondary N) is 2. The van der Waals surface area contributed by atoms with Crippen LogP contribution in [0.5, 0.6) is 0 Å². The fourth-order valence-electron chi connectivity index (χ4n) is 4.16. The maximum Gasteiger partial charge on any atom is 0.345 e. The largest absolute Gasteiger partial charge is 0.393 e. The number of benzene rings is 1. The average Bonchev–Trinajstić information content (AvgIpc) is 3.31. The topological polar surface area (TPSA) is 87.9 Å². The highest BCUT2D eigenvalue weighted by Gasteiger charge is 2.36. The first-order chi connectivity index (χ1) is 12.5.